The summed E-state index contributed by atoms with van der Waals surface area (Å²) in [7, 11) is 0. The van der Waals surface area contributed by atoms with Crippen molar-refractivity contribution in [2.45, 2.75) is 30.8 Å². The normalized spacial score (nSPS) is 27.4. The molecule has 24 heavy (non-hydrogen) atoms. The van der Waals surface area contributed by atoms with Crippen molar-refractivity contribution in [3.63, 3.8) is 0 Å². The van der Waals surface area contributed by atoms with Gasteiger partial charge in [0.15, 0.2) is 0 Å². The molecule has 2 fully saturated rings. The lowest BCUT2D eigenvalue weighted by Gasteiger charge is -2.36. The maximum Gasteiger partial charge on any atom is 0.274 e. The second-order valence-corrected chi connectivity index (χ2v) is 6.64. The van der Waals surface area contributed by atoms with Gasteiger partial charge in [0.25, 0.3) is 17.4 Å². The first-order valence-corrected chi connectivity index (χ1v) is 7.94. The second-order valence-electron chi connectivity index (χ2n) is 6.64. The largest absolute Gasteiger partial charge is 0.387 e. The molecule has 9 heteroatoms. The molecule has 132 valence electrons. The molecule has 0 saturated carbocycles. The third-order valence-corrected chi connectivity index (χ3v) is 4.62. The summed E-state index contributed by atoms with van der Waals surface area (Å²) >= 11 is 0. The minimum absolute atomic E-state index is 0.108. The van der Waals surface area contributed by atoms with Crippen LogP contribution < -0.4 is 5.56 Å². The minimum Gasteiger partial charge on any atom is -0.387 e. The average molecular weight is 342 g/mol. The zero-order chi connectivity index (χ0) is 17.4. The SMILES string of the molecule is O=C(c1ccc(=O)[nH]n1)N1CC[C@](O)(CN2CCC(F)(F)CC2)C1. The maximum absolute atomic E-state index is 13.2. The van der Waals surface area contributed by atoms with Crippen LogP contribution in [0.25, 0.3) is 0 Å². The molecule has 2 saturated heterocycles. The van der Waals surface area contributed by atoms with E-state index in [2.05, 4.69) is 10.2 Å². The molecule has 1 atom stereocenters. The Morgan fingerprint density at radius 2 is 1.96 bits per heavy atom. The Hall–Kier alpha value is -1.87. The molecule has 0 aromatic carbocycles. The van der Waals surface area contributed by atoms with Crippen LogP contribution in [-0.2, 0) is 0 Å². The molecule has 0 aliphatic carbocycles. The first-order valence-electron chi connectivity index (χ1n) is 7.94. The van der Waals surface area contributed by atoms with E-state index in [1.54, 1.807) is 0 Å². The Bertz CT molecular complexity index is 650. The number of β-amino-alcohol motifs (C(OH)–C–C–N with tert-alkyl or cyclic N) is 1. The molecule has 2 aliphatic rings. The first-order chi connectivity index (χ1) is 11.3. The predicted molar refractivity (Wildman–Crippen MR) is 80.9 cm³/mol. The topological polar surface area (TPSA) is 89.5 Å². The van der Waals surface area contributed by atoms with Gasteiger partial charge in [0.05, 0.1) is 12.1 Å². The van der Waals surface area contributed by atoms with Gasteiger partial charge in [0, 0.05) is 45.1 Å². The highest BCUT2D eigenvalue weighted by molar-refractivity contribution is 5.92. The van der Waals surface area contributed by atoms with Crippen LogP contribution in [0, 0.1) is 0 Å². The summed E-state index contributed by atoms with van der Waals surface area (Å²) in [5.41, 5.74) is -1.40. The zero-order valence-electron chi connectivity index (χ0n) is 13.2. The number of aromatic amines is 1. The summed E-state index contributed by atoms with van der Waals surface area (Å²) in [4.78, 5) is 26.6. The van der Waals surface area contributed by atoms with Gasteiger partial charge in [-0.1, -0.05) is 0 Å². The van der Waals surface area contributed by atoms with Crippen molar-refractivity contribution in [3.8, 4) is 0 Å². The Kier molecular flexibility index (Phi) is 4.39. The van der Waals surface area contributed by atoms with Crippen molar-refractivity contribution in [1.29, 1.82) is 0 Å². The van der Waals surface area contributed by atoms with Crippen molar-refractivity contribution in [1.82, 2.24) is 20.0 Å². The molecule has 0 spiro atoms. The number of rotatable bonds is 3. The van der Waals surface area contributed by atoms with Gasteiger partial charge in [-0.15, -0.1) is 0 Å². The van der Waals surface area contributed by atoms with Gasteiger partial charge >= 0.3 is 0 Å². The van der Waals surface area contributed by atoms with Crippen molar-refractivity contribution in [3.05, 3.63) is 28.2 Å². The Balaban J connectivity index is 1.58. The van der Waals surface area contributed by atoms with E-state index in [0.29, 0.717) is 13.0 Å². The lowest BCUT2D eigenvalue weighted by molar-refractivity contribution is -0.0720. The van der Waals surface area contributed by atoms with Gasteiger partial charge in [-0.25, -0.2) is 13.9 Å². The quantitative estimate of drug-likeness (QED) is 0.812. The standard InChI is InChI=1S/C15H20F2N4O3/c16-15(17)4-6-20(7-5-15)9-14(24)3-8-21(10-14)13(23)11-1-2-12(22)19-18-11/h1-2,24H,3-10H2,(H,19,22)/t14-/m0/s1. The van der Waals surface area contributed by atoms with Crippen molar-refractivity contribution < 1.29 is 18.7 Å². The van der Waals surface area contributed by atoms with E-state index in [4.69, 9.17) is 0 Å². The number of piperidine rings is 1. The number of H-pyrrole nitrogens is 1. The predicted octanol–water partition coefficient (Wildman–Crippen LogP) is 0.0780. The summed E-state index contributed by atoms with van der Waals surface area (Å²) < 4.78 is 26.4. The number of nitrogens with one attached hydrogen (secondary N) is 1. The summed E-state index contributed by atoms with van der Waals surface area (Å²) in [6.07, 6.45) is -0.0188. The van der Waals surface area contributed by atoms with Crippen LogP contribution in [0.15, 0.2) is 16.9 Å². The van der Waals surface area contributed by atoms with E-state index in [-0.39, 0.29) is 50.6 Å². The van der Waals surface area contributed by atoms with Crippen LogP contribution >= 0.6 is 0 Å². The summed E-state index contributed by atoms with van der Waals surface area (Å²) in [6.45, 7) is 1.24. The molecular formula is C15H20F2N4O3. The third kappa shape index (κ3) is 3.78. The molecule has 3 heterocycles. The molecule has 0 unspecified atom stereocenters. The van der Waals surface area contributed by atoms with Gasteiger partial charge in [-0.05, 0) is 12.5 Å². The third-order valence-electron chi connectivity index (χ3n) is 4.62. The molecule has 1 aromatic rings. The molecule has 2 N–H and O–H groups in total. The fraction of sp³-hybridized carbons (Fsp3) is 0.667. The van der Waals surface area contributed by atoms with Crippen LogP contribution in [0.5, 0.6) is 0 Å². The van der Waals surface area contributed by atoms with Crippen molar-refractivity contribution >= 4 is 5.91 Å². The average Bonchev–Trinajstić information content (AvgIpc) is 2.92. The maximum atomic E-state index is 13.2. The molecular weight excluding hydrogens is 322 g/mol. The molecule has 1 aromatic heterocycles. The second kappa shape index (κ2) is 6.21. The highest BCUT2D eigenvalue weighted by Crippen LogP contribution is 2.30. The first kappa shape index (κ1) is 17.0. The van der Waals surface area contributed by atoms with Crippen LogP contribution in [-0.4, -0.2) is 75.3 Å². The number of amides is 1. The van der Waals surface area contributed by atoms with Crippen molar-refractivity contribution in [2.24, 2.45) is 0 Å². The van der Waals surface area contributed by atoms with E-state index in [1.807, 2.05) is 4.90 Å². The van der Waals surface area contributed by atoms with E-state index >= 15 is 0 Å². The number of alkyl halides is 2. The number of carbonyl (C=O) groups is 1. The summed E-state index contributed by atoms with van der Waals surface area (Å²) in [6, 6.07) is 2.56. The number of nitrogens with zero attached hydrogens (tertiary/aromatic N) is 3. The van der Waals surface area contributed by atoms with Crippen LogP contribution in [0.4, 0.5) is 8.78 Å². The lowest BCUT2D eigenvalue weighted by Crippen LogP contribution is -2.49. The Labute approximate surface area is 137 Å². The minimum atomic E-state index is -2.62. The van der Waals surface area contributed by atoms with Crippen LogP contribution in [0.2, 0.25) is 0 Å². The fourth-order valence-corrected chi connectivity index (χ4v) is 3.24. The Morgan fingerprint density at radius 3 is 2.58 bits per heavy atom. The number of hydrogen-bond acceptors (Lipinski definition) is 5. The van der Waals surface area contributed by atoms with E-state index in [1.165, 1.54) is 17.0 Å². The van der Waals surface area contributed by atoms with Gasteiger partial charge in [-0.3, -0.25) is 14.5 Å². The van der Waals surface area contributed by atoms with Gasteiger partial charge in [0.2, 0.25) is 0 Å². The van der Waals surface area contributed by atoms with Crippen LogP contribution in [0.3, 0.4) is 0 Å². The molecule has 3 rings (SSSR count). The summed E-state index contributed by atoms with van der Waals surface area (Å²) in [5.74, 6) is -2.99. The number of halogens is 2. The van der Waals surface area contributed by atoms with E-state index < -0.39 is 17.1 Å². The van der Waals surface area contributed by atoms with Crippen molar-refractivity contribution in [2.75, 3.05) is 32.7 Å². The highest BCUT2D eigenvalue weighted by Gasteiger charge is 2.42. The monoisotopic (exact) mass is 342 g/mol. The molecule has 7 nitrogen and oxygen atoms in total. The number of carbonyl (C=O) groups excluding carboxylic acids is 1. The smallest absolute Gasteiger partial charge is 0.274 e. The van der Waals surface area contributed by atoms with E-state index in [9.17, 15) is 23.5 Å². The summed E-state index contributed by atoms with van der Waals surface area (Å²) in [5, 5.41) is 16.6. The molecule has 0 radical (unpaired) electrons. The van der Waals surface area contributed by atoms with Crippen LogP contribution in [0.1, 0.15) is 29.8 Å². The Morgan fingerprint density at radius 1 is 1.25 bits per heavy atom. The highest BCUT2D eigenvalue weighted by atomic mass is 19.3. The van der Waals surface area contributed by atoms with Gasteiger partial charge < -0.3 is 10.0 Å². The molecule has 1 amide bonds. The lowest BCUT2D eigenvalue weighted by atomic mass is 10.00. The fourth-order valence-electron chi connectivity index (χ4n) is 3.24. The number of aromatic nitrogens is 2. The van der Waals surface area contributed by atoms with Gasteiger partial charge in [0.1, 0.15) is 5.69 Å². The van der Waals surface area contributed by atoms with Gasteiger partial charge in [-0.2, -0.15) is 5.10 Å². The number of hydrogen-bond donors (Lipinski definition) is 2. The molecule has 2 aliphatic heterocycles. The number of likely N-dealkylation sites (tertiary alicyclic amines) is 2. The van der Waals surface area contributed by atoms with E-state index in [0.717, 1.165) is 0 Å². The molecule has 0 bridgehead atoms. The number of aliphatic hydroxyl groups is 1. The zero-order valence-corrected chi connectivity index (χ0v) is 13.2.